The van der Waals surface area contributed by atoms with Gasteiger partial charge in [0.25, 0.3) is 10.2 Å². The van der Waals surface area contributed by atoms with Gasteiger partial charge in [-0.3, -0.25) is 4.79 Å². The van der Waals surface area contributed by atoms with Crippen molar-refractivity contribution in [2.75, 3.05) is 26.2 Å². The van der Waals surface area contributed by atoms with Crippen molar-refractivity contribution in [3.63, 3.8) is 0 Å². The summed E-state index contributed by atoms with van der Waals surface area (Å²) in [4.78, 5) is 11.1. The molecule has 20 heavy (non-hydrogen) atoms. The quantitative estimate of drug-likeness (QED) is 0.792. The number of carboxylic acid groups (broad SMARTS) is 1. The van der Waals surface area contributed by atoms with Gasteiger partial charge in [0.15, 0.2) is 0 Å². The Bertz CT molecular complexity index is 470. The first-order valence-electron chi connectivity index (χ1n) is 6.85. The second-order valence-electron chi connectivity index (χ2n) is 5.82. The van der Waals surface area contributed by atoms with E-state index in [0.29, 0.717) is 13.1 Å². The molecule has 7 nitrogen and oxygen atoms in total. The fourth-order valence-corrected chi connectivity index (χ4v) is 4.81. The maximum Gasteiger partial charge on any atom is 0.308 e. The maximum absolute atomic E-state index is 12.6. The first-order chi connectivity index (χ1) is 9.21. The monoisotopic (exact) mass is 306 g/mol. The van der Waals surface area contributed by atoms with Gasteiger partial charge in [0, 0.05) is 26.2 Å². The highest BCUT2D eigenvalue weighted by Gasteiger charge is 2.43. The summed E-state index contributed by atoms with van der Waals surface area (Å²) in [6, 6.07) is 0. The lowest BCUT2D eigenvalue weighted by Crippen LogP contribution is -2.52. The molecular formula is C12H22N2O5S. The molecule has 0 aromatic rings. The molecule has 4 atom stereocenters. The molecule has 2 aliphatic rings. The number of ether oxygens (including phenoxy) is 1. The second kappa shape index (κ2) is 5.59. The molecule has 0 aromatic carbocycles. The Labute approximate surface area is 119 Å². The molecule has 2 saturated heterocycles. The molecule has 2 unspecified atom stereocenters. The largest absolute Gasteiger partial charge is 0.481 e. The van der Waals surface area contributed by atoms with E-state index in [1.807, 2.05) is 13.8 Å². The Morgan fingerprint density at radius 2 is 1.55 bits per heavy atom. The van der Waals surface area contributed by atoms with E-state index in [0.717, 1.165) is 0 Å². The number of aliphatic carboxylic acids is 1. The Morgan fingerprint density at radius 1 is 1.05 bits per heavy atom. The lowest BCUT2D eigenvalue weighted by Gasteiger charge is -2.36. The fourth-order valence-electron chi connectivity index (χ4n) is 2.91. The normalized spacial score (nSPS) is 37.1. The van der Waals surface area contributed by atoms with Gasteiger partial charge in [0.2, 0.25) is 0 Å². The average Bonchev–Trinajstić information content (AvgIpc) is 2.70. The second-order valence-corrected chi connectivity index (χ2v) is 7.75. The number of carboxylic acids is 1. The molecule has 116 valence electrons. The zero-order chi connectivity index (χ0) is 15.1. The van der Waals surface area contributed by atoms with E-state index >= 15 is 0 Å². The zero-order valence-corrected chi connectivity index (χ0v) is 12.8. The predicted octanol–water partition coefficient (Wildman–Crippen LogP) is -0.00710. The SMILES string of the molecule is CC1CN(S(=O)(=O)N2C[C@@H](C)[C@H](C(=O)O)C2)CC(C)O1. The van der Waals surface area contributed by atoms with Crippen LogP contribution in [0.2, 0.25) is 0 Å². The molecular weight excluding hydrogens is 284 g/mol. The van der Waals surface area contributed by atoms with Crippen molar-refractivity contribution in [3.8, 4) is 0 Å². The van der Waals surface area contributed by atoms with Gasteiger partial charge in [0.05, 0.1) is 18.1 Å². The van der Waals surface area contributed by atoms with Crippen molar-refractivity contribution in [1.82, 2.24) is 8.61 Å². The minimum Gasteiger partial charge on any atom is -0.481 e. The number of nitrogens with zero attached hydrogens (tertiary/aromatic N) is 2. The van der Waals surface area contributed by atoms with Crippen LogP contribution in [-0.4, -0.2) is 66.5 Å². The smallest absolute Gasteiger partial charge is 0.308 e. The third-order valence-electron chi connectivity index (χ3n) is 3.93. The first-order valence-corrected chi connectivity index (χ1v) is 8.25. The van der Waals surface area contributed by atoms with Crippen LogP contribution in [0.5, 0.6) is 0 Å². The first kappa shape index (κ1) is 15.7. The highest BCUT2D eigenvalue weighted by atomic mass is 32.2. The summed E-state index contributed by atoms with van der Waals surface area (Å²) in [5, 5.41) is 9.11. The van der Waals surface area contributed by atoms with E-state index < -0.39 is 22.1 Å². The van der Waals surface area contributed by atoms with E-state index in [9.17, 15) is 13.2 Å². The number of hydrogen-bond acceptors (Lipinski definition) is 4. The average molecular weight is 306 g/mol. The van der Waals surface area contributed by atoms with Crippen LogP contribution < -0.4 is 0 Å². The summed E-state index contributed by atoms with van der Waals surface area (Å²) in [5.74, 6) is -1.72. The highest BCUT2D eigenvalue weighted by Crippen LogP contribution is 2.28. The van der Waals surface area contributed by atoms with Crippen LogP contribution in [0.15, 0.2) is 0 Å². The van der Waals surface area contributed by atoms with Crippen LogP contribution in [0.25, 0.3) is 0 Å². The standard InChI is InChI=1S/C12H22N2O5S/c1-8-4-13(7-11(8)12(15)16)20(17,18)14-5-9(2)19-10(3)6-14/h8-11H,4-7H2,1-3H3,(H,15,16)/t8-,9?,10?,11-/m1/s1. The summed E-state index contributed by atoms with van der Waals surface area (Å²) in [7, 11) is -3.60. The number of morpholine rings is 1. The van der Waals surface area contributed by atoms with Crippen molar-refractivity contribution in [1.29, 1.82) is 0 Å². The summed E-state index contributed by atoms with van der Waals surface area (Å²) >= 11 is 0. The topological polar surface area (TPSA) is 87.2 Å². The van der Waals surface area contributed by atoms with Crippen molar-refractivity contribution in [3.05, 3.63) is 0 Å². The van der Waals surface area contributed by atoms with Crippen LogP contribution in [0.3, 0.4) is 0 Å². The van der Waals surface area contributed by atoms with E-state index in [-0.39, 0.29) is 31.2 Å². The van der Waals surface area contributed by atoms with Crippen LogP contribution in [0.4, 0.5) is 0 Å². The van der Waals surface area contributed by atoms with E-state index in [1.165, 1.54) is 8.61 Å². The molecule has 2 rings (SSSR count). The molecule has 2 heterocycles. The van der Waals surface area contributed by atoms with Gasteiger partial charge in [-0.25, -0.2) is 0 Å². The summed E-state index contributed by atoms with van der Waals surface area (Å²) in [6.07, 6.45) is -0.298. The molecule has 0 radical (unpaired) electrons. The van der Waals surface area contributed by atoms with Gasteiger partial charge in [-0.05, 0) is 19.8 Å². The molecule has 0 aliphatic carbocycles. The van der Waals surface area contributed by atoms with E-state index in [2.05, 4.69) is 0 Å². The Kier molecular flexibility index (Phi) is 4.38. The predicted molar refractivity (Wildman–Crippen MR) is 72.4 cm³/mol. The molecule has 0 spiro atoms. The summed E-state index contributed by atoms with van der Waals surface area (Å²) < 4.78 is 33.4. The Balaban J connectivity index is 2.13. The molecule has 2 fully saturated rings. The van der Waals surface area contributed by atoms with E-state index in [4.69, 9.17) is 9.84 Å². The van der Waals surface area contributed by atoms with Gasteiger partial charge in [-0.1, -0.05) is 6.92 Å². The number of carbonyl (C=O) groups is 1. The maximum atomic E-state index is 12.6. The molecule has 0 aromatic heterocycles. The van der Waals surface area contributed by atoms with Crippen LogP contribution >= 0.6 is 0 Å². The highest BCUT2D eigenvalue weighted by molar-refractivity contribution is 7.86. The lowest BCUT2D eigenvalue weighted by molar-refractivity contribution is -0.142. The summed E-state index contributed by atoms with van der Waals surface area (Å²) in [6.45, 7) is 6.40. The van der Waals surface area contributed by atoms with E-state index in [1.54, 1.807) is 6.92 Å². The summed E-state index contributed by atoms with van der Waals surface area (Å²) in [5.41, 5.74) is 0. The third-order valence-corrected chi connectivity index (χ3v) is 5.84. The van der Waals surface area contributed by atoms with Crippen molar-refractivity contribution < 1.29 is 23.1 Å². The van der Waals surface area contributed by atoms with Crippen molar-refractivity contribution in [2.45, 2.75) is 33.0 Å². The minimum absolute atomic E-state index is 0.0545. The molecule has 8 heteroatoms. The van der Waals surface area contributed by atoms with Gasteiger partial charge in [0.1, 0.15) is 0 Å². The van der Waals surface area contributed by atoms with Crippen molar-refractivity contribution in [2.24, 2.45) is 11.8 Å². The van der Waals surface area contributed by atoms with Gasteiger partial charge in [-0.2, -0.15) is 17.0 Å². The molecule has 2 aliphatic heterocycles. The van der Waals surface area contributed by atoms with Crippen LogP contribution in [0, 0.1) is 11.8 Å². The molecule has 0 amide bonds. The van der Waals surface area contributed by atoms with Crippen LogP contribution in [-0.2, 0) is 19.7 Å². The number of hydrogen-bond donors (Lipinski definition) is 1. The van der Waals surface area contributed by atoms with Gasteiger partial charge >= 0.3 is 5.97 Å². The number of rotatable bonds is 3. The third kappa shape index (κ3) is 2.98. The Morgan fingerprint density at radius 3 is 2.00 bits per heavy atom. The fraction of sp³-hybridized carbons (Fsp3) is 0.917. The minimum atomic E-state index is -3.60. The molecule has 0 saturated carbocycles. The zero-order valence-electron chi connectivity index (χ0n) is 12.0. The molecule has 1 N–H and O–H groups in total. The van der Waals surface area contributed by atoms with Gasteiger partial charge < -0.3 is 9.84 Å². The van der Waals surface area contributed by atoms with Crippen molar-refractivity contribution >= 4 is 16.2 Å². The van der Waals surface area contributed by atoms with Crippen LogP contribution in [0.1, 0.15) is 20.8 Å². The lowest BCUT2D eigenvalue weighted by atomic mass is 9.99. The Hall–Kier alpha value is -0.700. The van der Waals surface area contributed by atoms with Gasteiger partial charge in [-0.15, -0.1) is 0 Å². The molecule has 0 bridgehead atoms.